The van der Waals surface area contributed by atoms with Crippen LogP contribution in [0.5, 0.6) is 0 Å². The lowest BCUT2D eigenvalue weighted by Gasteiger charge is -2.11. The fourth-order valence-corrected chi connectivity index (χ4v) is 2.08. The molecule has 1 fully saturated rings. The molecule has 0 saturated carbocycles. The van der Waals surface area contributed by atoms with Crippen molar-refractivity contribution in [2.24, 2.45) is 5.73 Å². The van der Waals surface area contributed by atoms with E-state index < -0.39 is 0 Å². The van der Waals surface area contributed by atoms with Gasteiger partial charge in [-0.15, -0.1) is 0 Å². The van der Waals surface area contributed by atoms with E-state index in [1.165, 1.54) is 12.8 Å². The van der Waals surface area contributed by atoms with Gasteiger partial charge < -0.3 is 14.9 Å². The van der Waals surface area contributed by atoms with Crippen LogP contribution in [0.15, 0.2) is 22.8 Å². The SMILES string of the molecule is NC(CCCC1CCCO1)c1ccco1. The van der Waals surface area contributed by atoms with Gasteiger partial charge in [-0.2, -0.15) is 0 Å². The summed E-state index contributed by atoms with van der Waals surface area (Å²) in [6.45, 7) is 0.939. The van der Waals surface area contributed by atoms with E-state index in [1.54, 1.807) is 6.26 Å². The smallest absolute Gasteiger partial charge is 0.120 e. The van der Waals surface area contributed by atoms with Crippen molar-refractivity contribution in [2.75, 3.05) is 6.61 Å². The maximum atomic E-state index is 5.99. The summed E-state index contributed by atoms with van der Waals surface area (Å²) < 4.78 is 10.8. The summed E-state index contributed by atoms with van der Waals surface area (Å²) in [5.74, 6) is 0.891. The van der Waals surface area contributed by atoms with Crippen LogP contribution in [0.3, 0.4) is 0 Å². The van der Waals surface area contributed by atoms with Gasteiger partial charge >= 0.3 is 0 Å². The van der Waals surface area contributed by atoms with Crippen LogP contribution in [0, 0.1) is 0 Å². The van der Waals surface area contributed by atoms with Gasteiger partial charge in [-0.1, -0.05) is 0 Å². The Morgan fingerprint density at radius 3 is 3.13 bits per heavy atom. The van der Waals surface area contributed by atoms with E-state index in [9.17, 15) is 0 Å². The van der Waals surface area contributed by atoms with Crippen LogP contribution in [-0.2, 0) is 4.74 Å². The van der Waals surface area contributed by atoms with Gasteiger partial charge in [0, 0.05) is 6.61 Å². The molecule has 1 aliphatic rings. The molecule has 0 spiro atoms. The molecule has 0 aromatic carbocycles. The van der Waals surface area contributed by atoms with Gasteiger partial charge in [-0.3, -0.25) is 0 Å². The van der Waals surface area contributed by atoms with Crippen molar-refractivity contribution in [3.05, 3.63) is 24.2 Å². The Labute approximate surface area is 90.6 Å². The van der Waals surface area contributed by atoms with Gasteiger partial charge in [0.1, 0.15) is 5.76 Å². The summed E-state index contributed by atoms with van der Waals surface area (Å²) in [5, 5.41) is 0. The molecular weight excluding hydrogens is 190 g/mol. The average molecular weight is 209 g/mol. The molecule has 2 N–H and O–H groups in total. The van der Waals surface area contributed by atoms with Crippen LogP contribution in [0.25, 0.3) is 0 Å². The van der Waals surface area contributed by atoms with E-state index in [-0.39, 0.29) is 6.04 Å². The molecule has 2 heterocycles. The van der Waals surface area contributed by atoms with Gasteiger partial charge in [0.25, 0.3) is 0 Å². The predicted octanol–water partition coefficient (Wildman–Crippen LogP) is 2.63. The van der Waals surface area contributed by atoms with E-state index in [2.05, 4.69) is 0 Å². The first kappa shape index (κ1) is 10.7. The van der Waals surface area contributed by atoms with Gasteiger partial charge in [0.15, 0.2) is 0 Å². The maximum Gasteiger partial charge on any atom is 0.120 e. The lowest BCUT2D eigenvalue weighted by Crippen LogP contribution is -2.11. The molecule has 1 saturated heterocycles. The average Bonchev–Trinajstić information content (AvgIpc) is 2.90. The van der Waals surface area contributed by atoms with Gasteiger partial charge in [0.05, 0.1) is 18.4 Å². The quantitative estimate of drug-likeness (QED) is 0.811. The molecule has 1 aliphatic heterocycles. The fourth-order valence-electron chi connectivity index (χ4n) is 2.08. The van der Waals surface area contributed by atoms with Crippen molar-refractivity contribution >= 4 is 0 Å². The van der Waals surface area contributed by atoms with E-state index in [0.29, 0.717) is 6.10 Å². The van der Waals surface area contributed by atoms with Gasteiger partial charge in [-0.25, -0.2) is 0 Å². The van der Waals surface area contributed by atoms with Crippen molar-refractivity contribution < 1.29 is 9.15 Å². The molecule has 0 bridgehead atoms. The third kappa shape index (κ3) is 3.08. The molecule has 84 valence electrons. The highest BCUT2D eigenvalue weighted by Gasteiger charge is 2.16. The highest BCUT2D eigenvalue weighted by Crippen LogP contribution is 2.21. The van der Waals surface area contributed by atoms with Crippen molar-refractivity contribution in [2.45, 2.75) is 44.2 Å². The summed E-state index contributed by atoms with van der Waals surface area (Å²) >= 11 is 0. The second kappa shape index (κ2) is 5.33. The number of nitrogens with two attached hydrogens (primary N) is 1. The molecule has 0 aliphatic carbocycles. The molecule has 2 rings (SSSR count). The zero-order chi connectivity index (χ0) is 10.5. The first-order valence-electron chi connectivity index (χ1n) is 5.77. The molecule has 0 radical (unpaired) electrons. The minimum absolute atomic E-state index is 0.0430. The monoisotopic (exact) mass is 209 g/mol. The minimum atomic E-state index is 0.0430. The van der Waals surface area contributed by atoms with Crippen molar-refractivity contribution in [1.29, 1.82) is 0 Å². The van der Waals surface area contributed by atoms with Crippen LogP contribution in [0.2, 0.25) is 0 Å². The standard InChI is InChI=1S/C12H19NO2/c13-11(12-7-3-9-15-12)6-1-4-10-5-2-8-14-10/h3,7,9-11H,1-2,4-6,8,13H2. The normalized spacial score (nSPS) is 23.1. The number of hydrogen-bond acceptors (Lipinski definition) is 3. The number of rotatable bonds is 5. The Morgan fingerprint density at radius 2 is 2.47 bits per heavy atom. The maximum absolute atomic E-state index is 5.99. The highest BCUT2D eigenvalue weighted by atomic mass is 16.5. The Hall–Kier alpha value is -0.800. The molecule has 1 aromatic heterocycles. The second-order valence-electron chi connectivity index (χ2n) is 4.19. The molecule has 2 unspecified atom stereocenters. The first-order chi connectivity index (χ1) is 7.36. The van der Waals surface area contributed by atoms with E-state index in [0.717, 1.165) is 31.6 Å². The highest BCUT2D eigenvalue weighted by molar-refractivity contribution is 5.03. The number of furan rings is 1. The predicted molar refractivity (Wildman–Crippen MR) is 58.5 cm³/mol. The fraction of sp³-hybridized carbons (Fsp3) is 0.667. The molecule has 15 heavy (non-hydrogen) atoms. The Balaban J connectivity index is 1.65. The summed E-state index contributed by atoms with van der Waals surface area (Å²) in [6, 6.07) is 3.87. The summed E-state index contributed by atoms with van der Waals surface area (Å²) in [5.41, 5.74) is 5.99. The van der Waals surface area contributed by atoms with Crippen LogP contribution in [0.4, 0.5) is 0 Å². The zero-order valence-electron chi connectivity index (χ0n) is 9.02. The third-order valence-corrected chi connectivity index (χ3v) is 2.97. The first-order valence-corrected chi connectivity index (χ1v) is 5.77. The van der Waals surface area contributed by atoms with Crippen molar-refractivity contribution in [1.82, 2.24) is 0 Å². The largest absolute Gasteiger partial charge is 0.468 e. The number of hydrogen-bond donors (Lipinski definition) is 1. The van der Waals surface area contributed by atoms with E-state index >= 15 is 0 Å². The van der Waals surface area contributed by atoms with Crippen molar-refractivity contribution in [3.8, 4) is 0 Å². The lowest BCUT2D eigenvalue weighted by molar-refractivity contribution is 0.101. The molecule has 2 atom stereocenters. The molecule has 0 amide bonds. The summed E-state index contributed by atoms with van der Waals surface area (Å²) in [7, 11) is 0. The van der Waals surface area contributed by atoms with E-state index in [1.807, 2.05) is 12.1 Å². The van der Waals surface area contributed by atoms with Crippen LogP contribution >= 0.6 is 0 Å². The Morgan fingerprint density at radius 1 is 1.53 bits per heavy atom. The number of ether oxygens (including phenoxy) is 1. The zero-order valence-corrected chi connectivity index (χ0v) is 9.02. The Bertz CT molecular complexity index is 265. The molecule has 3 nitrogen and oxygen atoms in total. The lowest BCUT2D eigenvalue weighted by atomic mass is 10.0. The van der Waals surface area contributed by atoms with Gasteiger partial charge in [0.2, 0.25) is 0 Å². The second-order valence-corrected chi connectivity index (χ2v) is 4.19. The minimum Gasteiger partial charge on any atom is -0.468 e. The van der Waals surface area contributed by atoms with E-state index in [4.69, 9.17) is 14.9 Å². The Kier molecular flexibility index (Phi) is 3.80. The summed E-state index contributed by atoms with van der Waals surface area (Å²) in [4.78, 5) is 0. The summed E-state index contributed by atoms with van der Waals surface area (Å²) in [6.07, 6.45) is 7.82. The molecular formula is C12H19NO2. The van der Waals surface area contributed by atoms with Crippen LogP contribution < -0.4 is 5.73 Å². The van der Waals surface area contributed by atoms with Crippen LogP contribution in [0.1, 0.15) is 43.9 Å². The van der Waals surface area contributed by atoms with Crippen LogP contribution in [-0.4, -0.2) is 12.7 Å². The topological polar surface area (TPSA) is 48.4 Å². The van der Waals surface area contributed by atoms with Gasteiger partial charge in [-0.05, 0) is 44.2 Å². The van der Waals surface area contributed by atoms with Crippen molar-refractivity contribution in [3.63, 3.8) is 0 Å². The molecule has 1 aromatic rings. The molecule has 3 heteroatoms. The third-order valence-electron chi connectivity index (χ3n) is 2.97.